The Morgan fingerprint density at radius 1 is 0.354 bits per heavy atom. The molecule has 0 aliphatic rings. The Morgan fingerprint density at radius 3 is 1.35 bits per heavy atom. The minimum atomic E-state index is 0.908. The maximum atomic E-state index is 6.55. The van der Waals surface area contributed by atoms with E-state index in [1.165, 1.54) is 38.4 Å². The lowest BCUT2D eigenvalue weighted by Gasteiger charge is -2.26. The van der Waals surface area contributed by atoms with Crippen molar-refractivity contribution >= 4 is 49.8 Å². The number of nitrogens with zero attached hydrogens (tertiary/aromatic N) is 1. The molecular weight excluding hydrogens is 583 g/mol. The molecule has 48 heavy (non-hydrogen) atoms. The fourth-order valence-corrected chi connectivity index (χ4v) is 6.89. The number of benzene rings is 8. The van der Waals surface area contributed by atoms with Crippen LogP contribution in [-0.4, -0.2) is 0 Å². The first-order valence-corrected chi connectivity index (χ1v) is 16.3. The van der Waals surface area contributed by atoms with Gasteiger partial charge in [0.05, 0.1) is 0 Å². The van der Waals surface area contributed by atoms with Crippen molar-refractivity contribution in [1.82, 2.24) is 0 Å². The summed E-state index contributed by atoms with van der Waals surface area (Å²) < 4.78 is 6.55. The molecule has 0 N–H and O–H groups in total. The van der Waals surface area contributed by atoms with E-state index in [0.29, 0.717) is 0 Å². The van der Waals surface area contributed by atoms with Crippen molar-refractivity contribution in [2.75, 3.05) is 4.90 Å². The van der Waals surface area contributed by atoms with Gasteiger partial charge in [-0.2, -0.15) is 0 Å². The molecule has 1 heterocycles. The second kappa shape index (κ2) is 11.8. The number of hydrogen-bond donors (Lipinski definition) is 0. The maximum Gasteiger partial charge on any atom is 0.143 e. The first-order chi connectivity index (χ1) is 23.8. The molecule has 0 fully saturated rings. The molecule has 0 saturated heterocycles. The average molecular weight is 614 g/mol. The molecule has 0 atom stereocenters. The van der Waals surface area contributed by atoms with Crippen molar-refractivity contribution in [1.29, 1.82) is 0 Å². The zero-order valence-electron chi connectivity index (χ0n) is 26.3. The van der Waals surface area contributed by atoms with Gasteiger partial charge in [-0.15, -0.1) is 0 Å². The first kappa shape index (κ1) is 27.9. The van der Waals surface area contributed by atoms with Gasteiger partial charge in [0.1, 0.15) is 11.2 Å². The normalized spacial score (nSPS) is 11.3. The predicted octanol–water partition coefficient (Wildman–Crippen LogP) is 13.2. The van der Waals surface area contributed by atoms with Crippen LogP contribution in [0.15, 0.2) is 192 Å². The third kappa shape index (κ3) is 4.92. The fraction of sp³-hybridized carbons (Fsp3) is 0. The van der Waals surface area contributed by atoms with Crippen LogP contribution in [0, 0.1) is 0 Å². The SMILES string of the molecule is c1ccc(-c2ccc(N(c3ccc(-c4ccccc4)cc3)c3ccc(-c4cc5ccccc5c5c4oc4ccccc45)cc3)cc2)cc1. The summed E-state index contributed by atoms with van der Waals surface area (Å²) in [4.78, 5) is 2.32. The highest BCUT2D eigenvalue weighted by Crippen LogP contribution is 2.42. The molecule has 1 aromatic heterocycles. The summed E-state index contributed by atoms with van der Waals surface area (Å²) in [5, 5.41) is 4.73. The van der Waals surface area contributed by atoms with Gasteiger partial charge < -0.3 is 9.32 Å². The fourth-order valence-electron chi connectivity index (χ4n) is 6.89. The van der Waals surface area contributed by atoms with Crippen LogP contribution in [0.2, 0.25) is 0 Å². The lowest BCUT2D eigenvalue weighted by Crippen LogP contribution is -2.09. The summed E-state index contributed by atoms with van der Waals surface area (Å²) in [5.74, 6) is 0. The Labute approximate surface area is 279 Å². The average Bonchev–Trinajstić information content (AvgIpc) is 3.56. The largest absolute Gasteiger partial charge is 0.455 e. The number of furan rings is 1. The molecule has 0 amide bonds. The van der Waals surface area contributed by atoms with Crippen LogP contribution < -0.4 is 4.90 Å². The van der Waals surface area contributed by atoms with Crippen LogP contribution in [0.25, 0.3) is 66.1 Å². The van der Waals surface area contributed by atoms with Gasteiger partial charge in [-0.3, -0.25) is 0 Å². The van der Waals surface area contributed by atoms with Crippen LogP contribution in [0.1, 0.15) is 0 Å². The standard InChI is InChI=1S/C46H31NO/c1-3-11-32(12-4-1)34-19-25-38(26-20-34)47(39-27-21-35(22-28-39)33-13-5-2-6-14-33)40-29-23-36(24-30-40)43-31-37-15-7-8-16-41(37)45-42-17-9-10-18-44(42)48-46(43)45/h1-31H. The Hall–Kier alpha value is -6.38. The van der Waals surface area contributed by atoms with Crippen LogP contribution in [0.5, 0.6) is 0 Å². The van der Waals surface area contributed by atoms with E-state index >= 15 is 0 Å². The molecule has 0 saturated carbocycles. The number of anilines is 3. The number of hydrogen-bond acceptors (Lipinski definition) is 2. The van der Waals surface area contributed by atoms with E-state index in [1.807, 2.05) is 6.07 Å². The van der Waals surface area contributed by atoms with E-state index in [0.717, 1.165) is 44.7 Å². The summed E-state index contributed by atoms with van der Waals surface area (Å²) in [6, 6.07) is 66.8. The highest BCUT2D eigenvalue weighted by molar-refractivity contribution is 6.22. The molecule has 2 heteroatoms. The molecule has 0 spiro atoms. The Balaban J connectivity index is 1.15. The van der Waals surface area contributed by atoms with Crippen molar-refractivity contribution in [3.63, 3.8) is 0 Å². The summed E-state index contributed by atoms with van der Waals surface area (Å²) in [7, 11) is 0. The Kier molecular flexibility index (Phi) is 6.84. The summed E-state index contributed by atoms with van der Waals surface area (Å²) in [6.07, 6.45) is 0. The first-order valence-electron chi connectivity index (χ1n) is 16.3. The van der Waals surface area contributed by atoms with E-state index in [2.05, 4.69) is 187 Å². The summed E-state index contributed by atoms with van der Waals surface area (Å²) in [5.41, 5.74) is 12.1. The lowest BCUT2D eigenvalue weighted by molar-refractivity contribution is 0.670. The van der Waals surface area contributed by atoms with E-state index in [-0.39, 0.29) is 0 Å². The zero-order valence-corrected chi connectivity index (χ0v) is 26.3. The van der Waals surface area contributed by atoms with Gasteiger partial charge in [0.15, 0.2) is 0 Å². The van der Waals surface area contributed by atoms with Crippen molar-refractivity contribution in [3.05, 3.63) is 188 Å². The van der Waals surface area contributed by atoms with Gasteiger partial charge in [0, 0.05) is 33.4 Å². The third-order valence-electron chi connectivity index (χ3n) is 9.27. The van der Waals surface area contributed by atoms with Gasteiger partial charge in [0.2, 0.25) is 0 Å². The van der Waals surface area contributed by atoms with Crippen molar-refractivity contribution < 1.29 is 4.42 Å². The van der Waals surface area contributed by atoms with Gasteiger partial charge in [-0.05, 0) is 87.1 Å². The lowest BCUT2D eigenvalue weighted by atomic mass is 9.96. The van der Waals surface area contributed by atoms with E-state index < -0.39 is 0 Å². The zero-order chi connectivity index (χ0) is 31.9. The van der Waals surface area contributed by atoms with Gasteiger partial charge in [-0.25, -0.2) is 0 Å². The quantitative estimate of drug-likeness (QED) is 0.185. The number of para-hydroxylation sites is 1. The second-order valence-electron chi connectivity index (χ2n) is 12.2. The van der Waals surface area contributed by atoms with Crippen molar-refractivity contribution in [2.45, 2.75) is 0 Å². The predicted molar refractivity (Wildman–Crippen MR) is 202 cm³/mol. The van der Waals surface area contributed by atoms with Gasteiger partial charge in [0.25, 0.3) is 0 Å². The molecule has 0 bridgehead atoms. The molecule has 9 aromatic rings. The minimum Gasteiger partial charge on any atom is -0.455 e. The molecular formula is C46H31NO. The second-order valence-corrected chi connectivity index (χ2v) is 12.2. The Morgan fingerprint density at radius 2 is 0.792 bits per heavy atom. The summed E-state index contributed by atoms with van der Waals surface area (Å²) >= 11 is 0. The monoisotopic (exact) mass is 613 g/mol. The number of rotatable bonds is 6. The summed E-state index contributed by atoms with van der Waals surface area (Å²) in [6.45, 7) is 0. The van der Waals surface area contributed by atoms with Gasteiger partial charge in [-0.1, -0.05) is 140 Å². The molecule has 0 aliphatic carbocycles. The number of fused-ring (bicyclic) bond motifs is 5. The molecule has 9 rings (SSSR count). The Bertz CT molecular complexity index is 2430. The third-order valence-corrected chi connectivity index (χ3v) is 9.27. The molecule has 226 valence electrons. The van der Waals surface area contributed by atoms with Crippen LogP contribution in [-0.2, 0) is 0 Å². The van der Waals surface area contributed by atoms with E-state index in [4.69, 9.17) is 4.42 Å². The highest BCUT2D eigenvalue weighted by Gasteiger charge is 2.18. The topological polar surface area (TPSA) is 16.4 Å². The van der Waals surface area contributed by atoms with Crippen molar-refractivity contribution in [2.24, 2.45) is 0 Å². The highest BCUT2D eigenvalue weighted by atomic mass is 16.3. The molecule has 0 aliphatic heterocycles. The smallest absolute Gasteiger partial charge is 0.143 e. The molecule has 0 radical (unpaired) electrons. The van der Waals surface area contributed by atoms with Gasteiger partial charge >= 0.3 is 0 Å². The minimum absolute atomic E-state index is 0.908. The van der Waals surface area contributed by atoms with Crippen LogP contribution in [0.3, 0.4) is 0 Å². The van der Waals surface area contributed by atoms with Crippen LogP contribution in [0.4, 0.5) is 17.1 Å². The molecule has 2 nitrogen and oxygen atoms in total. The van der Waals surface area contributed by atoms with Crippen molar-refractivity contribution in [3.8, 4) is 33.4 Å². The van der Waals surface area contributed by atoms with Crippen LogP contribution >= 0.6 is 0 Å². The molecule has 0 unspecified atom stereocenters. The molecule has 8 aromatic carbocycles. The van der Waals surface area contributed by atoms with E-state index in [9.17, 15) is 0 Å². The van der Waals surface area contributed by atoms with E-state index in [1.54, 1.807) is 0 Å². The maximum absolute atomic E-state index is 6.55.